The number of hydrogen-bond acceptors (Lipinski definition) is 4. The molecule has 4 nitrogen and oxygen atoms in total. The van der Waals surface area contributed by atoms with E-state index in [0.29, 0.717) is 25.9 Å². The molecule has 0 fully saturated rings. The molecule has 0 amide bonds. The van der Waals surface area contributed by atoms with E-state index in [9.17, 15) is 9.36 Å². The first-order chi connectivity index (χ1) is 6.64. The van der Waals surface area contributed by atoms with Crippen LogP contribution in [0.3, 0.4) is 0 Å². The molecule has 0 aliphatic carbocycles. The van der Waals surface area contributed by atoms with Crippen molar-refractivity contribution >= 4 is 13.9 Å². The van der Waals surface area contributed by atoms with Crippen molar-refractivity contribution in [3.05, 3.63) is 0 Å². The van der Waals surface area contributed by atoms with Crippen LogP contribution in [0.2, 0.25) is 0 Å². The summed E-state index contributed by atoms with van der Waals surface area (Å²) >= 11 is 0. The molecule has 0 radical (unpaired) electrons. The molecular weight excluding hydrogens is 203 g/mol. The van der Waals surface area contributed by atoms with Gasteiger partial charge in [-0.15, -0.1) is 0 Å². The van der Waals surface area contributed by atoms with Crippen LogP contribution in [0.4, 0.5) is 0 Å². The lowest BCUT2D eigenvalue weighted by Crippen LogP contribution is -2.14. The number of hydrogen-bond donors (Lipinski definition) is 0. The second kappa shape index (κ2) is 7.16. The maximum atomic E-state index is 12.1. The van der Waals surface area contributed by atoms with Gasteiger partial charge in [-0.1, -0.05) is 13.3 Å². The molecule has 0 aromatic carbocycles. The van der Waals surface area contributed by atoms with Crippen molar-refractivity contribution in [2.24, 2.45) is 0 Å². The first-order valence-corrected chi connectivity index (χ1v) is 6.59. The van der Waals surface area contributed by atoms with Gasteiger partial charge in [-0.3, -0.25) is 4.57 Å². The maximum absolute atomic E-state index is 12.1. The van der Waals surface area contributed by atoms with E-state index in [1.807, 2.05) is 6.92 Å². The highest BCUT2D eigenvalue weighted by Crippen LogP contribution is 2.53. The van der Waals surface area contributed by atoms with Gasteiger partial charge >= 0.3 is 7.60 Å². The summed E-state index contributed by atoms with van der Waals surface area (Å²) < 4.78 is 22.2. The fourth-order valence-electron chi connectivity index (χ4n) is 1.19. The summed E-state index contributed by atoms with van der Waals surface area (Å²) in [5.41, 5.74) is -0.618. The fraction of sp³-hybridized carbons (Fsp3) is 0.889. The van der Waals surface area contributed by atoms with Crippen molar-refractivity contribution in [1.29, 1.82) is 0 Å². The summed E-state index contributed by atoms with van der Waals surface area (Å²) in [5.74, 6) is 0. The summed E-state index contributed by atoms with van der Waals surface area (Å²) in [6.07, 6.45) is 2.00. The molecule has 0 aliphatic heterocycles. The predicted molar refractivity (Wildman–Crippen MR) is 55.6 cm³/mol. The van der Waals surface area contributed by atoms with Gasteiger partial charge in [0, 0.05) is 0 Å². The van der Waals surface area contributed by atoms with Crippen LogP contribution in [0.5, 0.6) is 0 Å². The van der Waals surface area contributed by atoms with Crippen LogP contribution in [0.1, 0.15) is 33.6 Å². The molecule has 0 aliphatic rings. The summed E-state index contributed by atoms with van der Waals surface area (Å²) in [5, 5.41) is 0. The van der Waals surface area contributed by atoms with E-state index in [1.165, 1.54) is 0 Å². The summed E-state index contributed by atoms with van der Waals surface area (Å²) in [4.78, 5) is 10.8. The van der Waals surface area contributed by atoms with Crippen molar-refractivity contribution in [2.75, 3.05) is 13.2 Å². The average molecular weight is 222 g/mol. The molecule has 0 rings (SSSR count). The van der Waals surface area contributed by atoms with Gasteiger partial charge in [0.1, 0.15) is 11.9 Å². The Bertz CT molecular complexity index is 195. The topological polar surface area (TPSA) is 52.6 Å². The monoisotopic (exact) mass is 222 g/mol. The van der Waals surface area contributed by atoms with Gasteiger partial charge in [-0.25, -0.2) is 0 Å². The third-order valence-corrected chi connectivity index (χ3v) is 4.19. The molecule has 0 saturated heterocycles. The maximum Gasteiger partial charge on any atom is 0.340 e. The van der Waals surface area contributed by atoms with E-state index in [1.54, 1.807) is 13.8 Å². The Morgan fingerprint density at radius 2 is 1.71 bits per heavy atom. The highest BCUT2D eigenvalue weighted by molar-refractivity contribution is 7.55. The van der Waals surface area contributed by atoms with Crippen molar-refractivity contribution in [2.45, 2.75) is 39.3 Å². The van der Waals surface area contributed by atoms with Crippen molar-refractivity contribution in [3.8, 4) is 0 Å². The van der Waals surface area contributed by atoms with Gasteiger partial charge in [0.25, 0.3) is 0 Å². The first-order valence-electron chi connectivity index (χ1n) is 4.98. The standard InChI is InChI=1S/C9H19O4P/c1-4-7-9(8-10)14(11,12-5-2)13-6-3/h8-9H,4-7H2,1-3H3. The third kappa shape index (κ3) is 3.91. The van der Waals surface area contributed by atoms with Crippen LogP contribution >= 0.6 is 7.60 Å². The smallest absolute Gasteiger partial charge is 0.308 e. The molecule has 1 atom stereocenters. The minimum absolute atomic E-state index is 0.297. The minimum Gasteiger partial charge on any atom is -0.308 e. The second-order valence-electron chi connectivity index (χ2n) is 2.87. The van der Waals surface area contributed by atoms with E-state index >= 15 is 0 Å². The quantitative estimate of drug-likeness (QED) is 0.468. The van der Waals surface area contributed by atoms with Crippen molar-refractivity contribution < 1.29 is 18.4 Å². The molecule has 0 aromatic rings. The Kier molecular flexibility index (Phi) is 7.06. The highest BCUT2D eigenvalue weighted by Gasteiger charge is 2.34. The number of carbonyl (C=O) groups excluding carboxylic acids is 1. The van der Waals surface area contributed by atoms with Gasteiger partial charge in [-0.2, -0.15) is 0 Å². The van der Waals surface area contributed by atoms with Crippen LogP contribution in [0.25, 0.3) is 0 Å². The number of aldehydes is 1. The molecular formula is C9H19O4P. The van der Waals surface area contributed by atoms with Crippen LogP contribution in [0, 0.1) is 0 Å². The zero-order valence-corrected chi connectivity index (χ0v) is 9.96. The van der Waals surface area contributed by atoms with Crippen LogP contribution in [-0.2, 0) is 18.4 Å². The molecule has 84 valence electrons. The lowest BCUT2D eigenvalue weighted by Gasteiger charge is -2.21. The third-order valence-electron chi connectivity index (χ3n) is 1.77. The lowest BCUT2D eigenvalue weighted by atomic mass is 10.3. The SMILES string of the molecule is CCCC(C=O)P(=O)(OCC)OCC. The molecule has 14 heavy (non-hydrogen) atoms. The first kappa shape index (κ1) is 13.8. The van der Waals surface area contributed by atoms with Crippen molar-refractivity contribution in [1.82, 2.24) is 0 Å². The van der Waals surface area contributed by atoms with Gasteiger partial charge in [0.05, 0.1) is 13.2 Å². The summed E-state index contributed by atoms with van der Waals surface area (Å²) in [6.45, 7) is 5.99. The van der Waals surface area contributed by atoms with Crippen LogP contribution < -0.4 is 0 Å². The van der Waals surface area contributed by atoms with Gasteiger partial charge < -0.3 is 13.8 Å². The van der Waals surface area contributed by atoms with E-state index in [2.05, 4.69) is 0 Å². The molecule has 1 unspecified atom stereocenters. The Hall–Kier alpha value is -0.180. The Balaban J connectivity index is 4.57. The largest absolute Gasteiger partial charge is 0.340 e. The summed E-state index contributed by atoms with van der Waals surface area (Å²) in [7, 11) is -3.21. The second-order valence-corrected chi connectivity index (χ2v) is 5.13. The van der Waals surface area contributed by atoms with E-state index in [0.717, 1.165) is 6.42 Å². The van der Waals surface area contributed by atoms with Gasteiger partial charge in [0.2, 0.25) is 0 Å². The molecule has 0 spiro atoms. The molecule has 0 heterocycles. The molecule has 5 heteroatoms. The van der Waals surface area contributed by atoms with Crippen molar-refractivity contribution in [3.63, 3.8) is 0 Å². The summed E-state index contributed by atoms with van der Waals surface area (Å²) in [6, 6.07) is 0. The van der Waals surface area contributed by atoms with E-state index in [-0.39, 0.29) is 0 Å². The number of rotatable bonds is 8. The van der Waals surface area contributed by atoms with Gasteiger partial charge in [-0.05, 0) is 20.3 Å². The predicted octanol–water partition coefficient (Wildman–Crippen LogP) is 2.62. The van der Waals surface area contributed by atoms with E-state index in [4.69, 9.17) is 9.05 Å². The highest BCUT2D eigenvalue weighted by atomic mass is 31.2. The Morgan fingerprint density at radius 1 is 1.21 bits per heavy atom. The zero-order chi connectivity index (χ0) is 11.0. The molecule has 0 saturated carbocycles. The normalized spacial score (nSPS) is 13.9. The molecule has 0 N–H and O–H groups in total. The number of carbonyl (C=O) groups is 1. The van der Waals surface area contributed by atoms with Crippen LogP contribution in [0.15, 0.2) is 0 Å². The minimum atomic E-state index is -3.21. The van der Waals surface area contributed by atoms with E-state index < -0.39 is 13.3 Å². The van der Waals surface area contributed by atoms with Crippen LogP contribution in [-0.4, -0.2) is 25.2 Å². The average Bonchev–Trinajstić information content (AvgIpc) is 2.14. The lowest BCUT2D eigenvalue weighted by molar-refractivity contribution is -0.108. The molecule has 0 aromatic heterocycles. The van der Waals surface area contributed by atoms with Gasteiger partial charge in [0.15, 0.2) is 0 Å². The fourth-order valence-corrected chi connectivity index (χ4v) is 3.09. The Labute approximate surface area is 85.5 Å². The zero-order valence-electron chi connectivity index (χ0n) is 9.06. The Morgan fingerprint density at radius 3 is 2.00 bits per heavy atom. The molecule has 0 bridgehead atoms.